The van der Waals surface area contributed by atoms with Crippen LogP contribution in [0, 0.1) is 0 Å². The van der Waals surface area contributed by atoms with Crippen molar-refractivity contribution in [3.05, 3.63) is 64.7 Å². The van der Waals surface area contributed by atoms with Crippen LogP contribution in [-0.4, -0.2) is 36.0 Å². The first-order chi connectivity index (χ1) is 14.0. The van der Waals surface area contributed by atoms with E-state index in [4.69, 9.17) is 32.7 Å². The molecule has 0 atom stereocenters. The van der Waals surface area contributed by atoms with E-state index < -0.39 is 5.24 Å². The zero-order valence-corrected chi connectivity index (χ0v) is 17.4. The molecule has 3 rings (SSSR count). The molecule has 8 heteroatoms. The summed E-state index contributed by atoms with van der Waals surface area (Å²) in [5.41, 5.74) is 2.65. The maximum absolute atomic E-state index is 11.6. The van der Waals surface area contributed by atoms with Crippen molar-refractivity contribution in [3.8, 4) is 23.0 Å². The molecule has 1 heterocycles. The lowest BCUT2D eigenvalue weighted by Crippen LogP contribution is -2.08. The smallest absolute Gasteiger partial charge is 0.318 e. The first-order valence-corrected chi connectivity index (χ1v) is 9.55. The number of aromatic nitrogens is 2. The number of benzene rings is 2. The summed E-state index contributed by atoms with van der Waals surface area (Å²) in [6.45, 7) is 0.665. The Labute approximate surface area is 178 Å². The van der Waals surface area contributed by atoms with E-state index in [2.05, 4.69) is 15.3 Å². The number of ether oxygens (including phenoxy) is 2. The molecule has 0 amide bonds. The summed E-state index contributed by atoms with van der Waals surface area (Å²) < 4.78 is 10.4. The Bertz CT molecular complexity index is 1010. The third kappa shape index (κ3) is 5.37. The Balaban J connectivity index is 1.78. The number of carbonyl (C=O) groups excluding carboxylic acids is 1. The van der Waals surface area contributed by atoms with Gasteiger partial charge in [-0.15, -0.1) is 0 Å². The first kappa shape index (κ1) is 20.9. The molecule has 150 valence electrons. The molecule has 3 aromatic rings. The lowest BCUT2D eigenvalue weighted by Gasteiger charge is -2.10. The van der Waals surface area contributed by atoms with Crippen LogP contribution in [0.15, 0.2) is 48.5 Å². The van der Waals surface area contributed by atoms with E-state index in [1.165, 1.54) is 12.7 Å². The topological polar surface area (TPSA) is 73.3 Å². The van der Waals surface area contributed by atoms with E-state index in [-0.39, 0.29) is 16.6 Å². The summed E-state index contributed by atoms with van der Waals surface area (Å²) in [6.07, 6.45) is 0.803. The van der Waals surface area contributed by atoms with Crippen molar-refractivity contribution in [2.75, 3.05) is 26.1 Å². The standard InChI is InChI=1S/C21H19Cl2N3O3/c1-28-15-6-3-13(4-7-15)9-10-24-19-12-18(25-21(26-19)29-2)14-5-8-17(22)16(11-14)20(23)27/h3-8,11-12H,9-10H2,1-2H3,(H,24,25,26). The molecule has 0 spiro atoms. The van der Waals surface area contributed by atoms with Gasteiger partial charge in [0.05, 0.1) is 30.5 Å². The van der Waals surface area contributed by atoms with Crippen LogP contribution >= 0.6 is 23.2 Å². The third-order valence-electron chi connectivity index (χ3n) is 4.24. The molecule has 1 aromatic heterocycles. The number of carbonyl (C=O) groups is 1. The van der Waals surface area contributed by atoms with Crippen LogP contribution in [0.5, 0.6) is 11.8 Å². The average Bonchev–Trinajstić information content (AvgIpc) is 2.74. The molecule has 0 saturated heterocycles. The largest absolute Gasteiger partial charge is 0.497 e. The zero-order valence-electron chi connectivity index (χ0n) is 15.9. The lowest BCUT2D eigenvalue weighted by molar-refractivity contribution is 0.108. The number of hydrogen-bond donors (Lipinski definition) is 1. The number of methoxy groups -OCH3 is 2. The van der Waals surface area contributed by atoms with E-state index in [9.17, 15) is 4.79 Å². The average molecular weight is 432 g/mol. The Kier molecular flexibility index (Phi) is 6.90. The van der Waals surface area contributed by atoms with Gasteiger partial charge in [-0.1, -0.05) is 29.8 Å². The third-order valence-corrected chi connectivity index (χ3v) is 4.77. The predicted molar refractivity (Wildman–Crippen MR) is 114 cm³/mol. The monoisotopic (exact) mass is 431 g/mol. The van der Waals surface area contributed by atoms with E-state index in [0.29, 0.717) is 23.6 Å². The second-order valence-electron chi connectivity index (χ2n) is 6.12. The molecule has 0 unspecified atom stereocenters. The molecule has 29 heavy (non-hydrogen) atoms. The van der Waals surface area contributed by atoms with Gasteiger partial charge in [0.15, 0.2) is 0 Å². The fraction of sp³-hybridized carbons (Fsp3) is 0.190. The predicted octanol–water partition coefficient (Wildman–Crippen LogP) is 4.85. The highest BCUT2D eigenvalue weighted by molar-refractivity contribution is 6.68. The first-order valence-electron chi connectivity index (χ1n) is 8.80. The summed E-state index contributed by atoms with van der Waals surface area (Å²) in [5.74, 6) is 1.43. The molecule has 1 N–H and O–H groups in total. The Morgan fingerprint density at radius 1 is 1.03 bits per heavy atom. The number of rotatable bonds is 8. The van der Waals surface area contributed by atoms with E-state index >= 15 is 0 Å². The minimum Gasteiger partial charge on any atom is -0.497 e. The lowest BCUT2D eigenvalue weighted by atomic mass is 10.1. The van der Waals surface area contributed by atoms with E-state index in [1.807, 2.05) is 24.3 Å². The Morgan fingerprint density at radius 2 is 1.79 bits per heavy atom. The number of nitrogens with zero attached hydrogens (tertiary/aromatic N) is 2. The van der Waals surface area contributed by atoms with Crippen molar-refractivity contribution in [1.82, 2.24) is 9.97 Å². The van der Waals surface area contributed by atoms with Gasteiger partial charge >= 0.3 is 6.01 Å². The molecule has 0 aliphatic rings. The molecule has 0 radical (unpaired) electrons. The highest BCUT2D eigenvalue weighted by Crippen LogP contribution is 2.27. The minimum atomic E-state index is -0.629. The zero-order chi connectivity index (χ0) is 20.8. The van der Waals surface area contributed by atoms with Gasteiger partial charge in [0.25, 0.3) is 5.24 Å². The molecular weight excluding hydrogens is 413 g/mol. The molecule has 0 aliphatic carbocycles. The number of halogens is 2. The maximum atomic E-state index is 11.6. The van der Waals surface area contributed by atoms with E-state index in [0.717, 1.165) is 12.2 Å². The van der Waals surface area contributed by atoms with Crippen molar-refractivity contribution in [3.63, 3.8) is 0 Å². The molecule has 0 saturated carbocycles. The summed E-state index contributed by atoms with van der Waals surface area (Å²) in [7, 11) is 3.14. The molecular formula is C21H19Cl2N3O3. The molecule has 2 aromatic carbocycles. The van der Waals surface area contributed by atoms with Crippen molar-refractivity contribution in [1.29, 1.82) is 0 Å². The second kappa shape index (κ2) is 9.58. The maximum Gasteiger partial charge on any atom is 0.318 e. The van der Waals surface area contributed by atoms with Crippen LogP contribution in [0.25, 0.3) is 11.3 Å². The number of anilines is 1. The summed E-state index contributed by atoms with van der Waals surface area (Å²) >= 11 is 11.6. The van der Waals surface area contributed by atoms with Crippen LogP contribution in [0.1, 0.15) is 15.9 Å². The van der Waals surface area contributed by atoms with Crippen molar-refractivity contribution < 1.29 is 14.3 Å². The van der Waals surface area contributed by atoms with Crippen LogP contribution < -0.4 is 14.8 Å². The Morgan fingerprint density at radius 3 is 2.45 bits per heavy atom. The van der Waals surface area contributed by atoms with Crippen molar-refractivity contribution in [2.24, 2.45) is 0 Å². The summed E-state index contributed by atoms with van der Waals surface area (Å²) in [4.78, 5) is 20.2. The van der Waals surface area contributed by atoms with Crippen LogP contribution in [0.3, 0.4) is 0 Å². The summed E-state index contributed by atoms with van der Waals surface area (Å²) in [5, 5.41) is 2.93. The second-order valence-corrected chi connectivity index (χ2v) is 6.87. The van der Waals surface area contributed by atoms with Gasteiger partial charge in [0.2, 0.25) is 0 Å². The molecule has 0 bridgehead atoms. The van der Waals surface area contributed by atoms with Gasteiger partial charge in [-0.25, -0.2) is 0 Å². The van der Waals surface area contributed by atoms with Crippen LogP contribution in [-0.2, 0) is 6.42 Å². The highest BCUT2D eigenvalue weighted by atomic mass is 35.5. The number of nitrogens with one attached hydrogen (secondary N) is 1. The fourth-order valence-corrected chi connectivity index (χ4v) is 3.13. The van der Waals surface area contributed by atoms with E-state index in [1.54, 1.807) is 31.4 Å². The quantitative estimate of drug-likeness (QED) is 0.513. The van der Waals surface area contributed by atoms with Gasteiger partial charge in [-0.05, 0) is 47.9 Å². The normalized spacial score (nSPS) is 10.5. The summed E-state index contributed by atoms with van der Waals surface area (Å²) in [6, 6.07) is 14.9. The van der Waals surface area contributed by atoms with Crippen LogP contribution in [0.4, 0.5) is 5.82 Å². The Hall–Kier alpha value is -2.83. The fourth-order valence-electron chi connectivity index (χ4n) is 2.72. The van der Waals surface area contributed by atoms with Gasteiger partial charge in [-0.3, -0.25) is 4.79 Å². The number of hydrogen-bond acceptors (Lipinski definition) is 6. The molecule has 0 aliphatic heterocycles. The molecule has 6 nitrogen and oxygen atoms in total. The van der Waals surface area contributed by atoms with Crippen molar-refractivity contribution in [2.45, 2.75) is 6.42 Å². The highest BCUT2D eigenvalue weighted by Gasteiger charge is 2.12. The minimum absolute atomic E-state index is 0.211. The van der Waals surface area contributed by atoms with Crippen molar-refractivity contribution >= 4 is 34.3 Å². The van der Waals surface area contributed by atoms with Gasteiger partial charge < -0.3 is 14.8 Å². The van der Waals surface area contributed by atoms with Crippen LogP contribution in [0.2, 0.25) is 5.02 Å². The van der Waals surface area contributed by atoms with Gasteiger partial charge in [-0.2, -0.15) is 9.97 Å². The SMILES string of the molecule is COc1ccc(CCNc2cc(-c3ccc(Cl)c(C(=O)Cl)c3)nc(OC)n2)cc1. The molecule has 0 fully saturated rings. The van der Waals surface area contributed by atoms with Gasteiger partial charge in [0, 0.05) is 18.2 Å². The van der Waals surface area contributed by atoms with Gasteiger partial charge in [0.1, 0.15) is 11.6 Å².